The van der Waals surface area contributed by atoms with Crippen LogP contribution in [0.5, 0.6) is 0 Å². The molecule has 0 saturated carbocycles. The normalized spacial score (nSPS) is 19.0. The lowest BCUT2D eigenvalue weighted by molar-refractivity contribution is -0.120. The number of aromatic nitrogens is 5. The summed E-state index contributed by atoms with van der Waals surface area (Å²) in [5.41, 5.74) is 1.98. The van der Waals surface area contributed by atoms with Gasteiger partial charge in [-0.3, -0.25) is 19.4 Å². The Morgan fingerprint density at radius 1 is 1.12 bits per heavy atom. The number of hydrogen-bond donors (Lipinski definition) is 1. The van der Waals surface area contributed by atoms with Crippen molar-refractivity contribution in [1.82, 2.24) is 34.8 Å². The quantitative estimate of drug-likeness (QED) is 0.566. The molecule has 1 saturated heterocycles. The van der Waals surface area contributed by atoms with Crippen LogP contribution in [0.15, 0.2) is 42.7 Å². The van der Waals surface area contributed by atoms with Crippen LogP contribution in [0.2, 0.25) is 0 Å². The number of carbonyl (C=O) groups excluding carboxylic acids is 2. The van der Waals surface area contributed by atoms with Gasteiger partial charge in [0.25, 0.3) is 11.8 Å². The van der Waals surface area contributed by atoms with Crippen LogP contribution in [-0.4, -0.2) is 80.7 Å². The van der Waals surface area contributed by atoms with E-state index >= 15 is 0 Å². The van der Waals surface area contributed by atoms with E-state index in [0.717, 1.165) is 49.9 Å². The van der Waals surface area contributed by atoms with Crippen molar-refractivity contribution >= 4 is 17.6 Å². The van der Waals surface area contributed by atoms with Gasteiger partial charge in [-0.1, -0.05) is 30.3 Å². The molecule has 34 heavy (non-hydrogen) atoms. The summed E-state index contributed by atoms with van der Waals surface area (Å²) in [7, 11) is 1.71. The highest BCUT2D eigenvalue weighted by Crippen LogP contribution is 2.22. The maximum absolute atomic E-state index is 13.1. The van der Waals surface area contributed by atoms with Gasteiger partial charge < -0.3 is 10.1 Å². The smallest absolute Gasteiger partial charge is 0.291 e. The second-order valence-corrected chi connectivity index (χ2v) is 8.57. The Balaban J connectivity index is 1.22. The monoisotopic (exact) mass is 464 g/mol. The van der Waals surface area contributed by atoms with Crippen molar-refractivity contribution in [2.75, 3.05) is 38.3 Å². The molecule has 0 spiro atoms. The molecule has 0 aliphatic carbocycles. The van der Waals surface area contributed by atoms with E-state index in [1.807, 2.05) is 41.1 Å². The molecular formula is C23H28N8O3. The highest BCUT2D eigenvalue weighted by molar-refractivity contribution is 6.00. The largest absolute Gasteiger partial charge is 0.379 e. The zero-order valence-corrected chi connectivity index (χ0v) is 19.1. The van der Waals surface area contributed by atoms with Gasteiger partial charge in [0, 0.05) is 39.3 Å². The first-order chi connectivity index (χ1) is 16.6. The molecule has 1 atom stereocenters. The van der Waals surface area contributed by atoms with Gasteiger partial charge in [0.1, 0.15) is 18.2 Å². The van der Waals surface area contributed by atoms with E-state index in [9.17, 15) is 9.59 Å². The topological polar surface area (TPSA) is 110 Å². The fourth-order valence-electron chi connectivity index (χ4n) is 4.28. The van der Waals surface area contributed by atoms with Crippen LogP contribution >= 0.6 is 0 Å². The van der Waals surface area contributed by atoms with E-state index in [4.69, 9.17) is 9.84 Å². The SMILES string of the molecule is CN1C(=O)[C@@H](NC(=O)c2ncn(Cc3ccccc3)n2)CCn2nc(CN3CCOCC3)cc21. The number of carbonyl (C=O) groups is 2. The van der Waals surface area contributed by atoms with Crippen molar-refractivity contribution in [3.05, 3.63) is 59.8 Å². The van der Waals surface area contributed by atoms with Crippen LogP contribution in [0.1, 0.15) is 28.3 Å². The Hall–Kier alpha value is -3.57. The molecule has 2 aliphatic heterocycles. The number of morpholine rings is 1. The second kappa shape index (κ2) is 9.74. The third-order valence-electron chi connectivity index (χ3n) is 6.13. The Morgan fingerprint density at radius 3 is 2.71 bits per heavy atom. The van der Waals surface area contributed by atoms with E-state index in [2.05, 4.69) is 20.3 Å². The first kappa shape index (κ1) is 22.2. The number of aryl methyl sites for hydroxylation is 1. The van der Waals surface area contributed by atoms with Crippen LogP contribution in [0, 0.1) is 0 Å². The van der Waals surface area contributed by atoms with Gasteiger partial charge in [-0.25, -0.2) is 14.3 Å². The summed E-state index contributed by atoms with van der Waals surface area (Å²) in [5.74, 6) is 0.121. The van der Waals surface area contributed by atoms with E-state index in [0.29, 0.717) is 19.5 Å². The molecule has 0 radical (unpaired) electrons. The summed E-state index contributed by atoms with van der Waals surface area (Å²) in [6.07, 6.45) is 1.96. The number of nitrogens with zero attached hydrogens (tertiary/aromatic N) is 7. The summed E-state index contributed by atoms with van der Waals surface area (Å²) in [6, 6.07) is 11.1. The summed E-state index contributed by atoms with van der Waals surface area (Å²) < 4.78 is 8.85. The maximum atomic E-state index is 13.1. The highest BCUT2D eigenvalue weighted by Gasteiger charge is 2.31. The van der Waals surface area contributed by atoms with Gasteiger partial charge in [-0.2, -0.15) is 5.10 Å². The molecule has 178 valence electrons. The zero-order chi connectivity index (χ0) is 23.5. The minimum Gasteiger partial charge on any atom is -0.379 e. The number of likely N-dealkylation sites (N-methyl/N-ethyl adjacent to an activating group) is 1. The summed E-state index contributed by atoms with van der Waals surface area (Å²) in [5, 5.41) is 11.8. The molecule has 0 unspecified atom stereocenters. The minimum atomic E-state index is -0.678. The van der Waals surface area contributed by atoms with Crippen molar-refractivity contribution in [3.8, 4) is 0 Å². The second-order valence-electron chi connectivity index (χ2n) is 8.57. The lowest BCUT2D eigenvalue weighted by atomic mass is 10.2. The van der Waals surface area contributed by atoms with Crippen LogP contribution < -0.4 is 10.2 Å². The Bertz CT molecular complexity index is 1150. The Labute approximate surface area is 197 Å². The molecule has 11 heteroatoms. The van der Waals surface area contributed by atoms with E-state index < -0.39 is 11.9 Å². The molecule has 1 N–H and O–H groups in total. The predicted octanol–water partition coefficient (Wildman–Crippen LogP) is 0.520. The van der Waals surface area contributed by atoms with Gasteiger partial charge in [0.15, 0.2) is 0 Å². The van der Waals surface area contributed by atoms with Crippen LogP contribution in [0.3, 0.4) is 0 Å². The van der Waals surface area contributed by atoms with Gasteiger partial charge in [-0.05, 0) is 12.0 Å². The molecule has 2 amide bonds. The van der Waals surface area contributed by atoms with Gasteiger partial charge in [0.2, 0.25) is 5.82 Å². The van der Waals surface area contributed by atoms with Crippen molar-refractivity contribution in [2.24, 2.45) is 0 Å². The number of hydrogen-bond acceptors (Lipinski definition) is 7. The Morgan fingerprint density at radius 2 is 1.91 bits per heavy atom. The standard InChI is InChI=1S/C23H28N8O3/c1-28-20-13-18(15-29-9-11-34-12-10-29)26-31(20)8-7-19(23(28)33)25-22(32)21-24-16-30(27-21)14-17-5-3-2-4-6-17/h2-6,13,16,19H,7-12,14-15H2,1H3,(H,25,32)/t19-/m0/s1. The van der Waals surface area contributed by atoms with Crippen molar-refractivity contribution in [1.29, 1.82) is 0 Å². The molecule has 0 bridgehead atoms. The van der Waals surface area contributed by atoms with Crippen molar-refractivity contribution in [2.45, 2.75) is 32.1 Å². The third-order valence-corrected chi connectivity index (χ3v) is 6.13. The minimum absolute atomic E-state index is 0.0427. The molecule has 5 rings (SSSR count). The van der Waals surface area contributed by atoms with Crippen LogP contribution in [0.25, 0.3) is 0 Å². The number of rotatable bonds is 6. The molecule has 1 fully saturated rings. The van der Waals surface area contributed by atoms with Gasteiger partial charge in [0.05, 0.1) is 25.5 Å². The van der Waals surface area contributed by atoms with E-state index in [1.165, 1.54) is 6.33 Å². The molecular weight excluding hydrogens is 436 g/mol. The molecule has 4 heterocycles. The number of benzene rings is 1. The fraction of sp³-hybridized carbons (Fsp3) is 0.435. The molecule has 2 aromatic heterocycles. The zero-order valence-electron chi connectivity index (χ0n) is 19.1. The highest BCUT2D eigenvalue weighted by atomic mass is 16.5. The first-order valence-corrected chi connectivity index (χ1v) is 11.5. The van der Waals surface area contributed by atoms with Crippen molar-refractivity contribution in [3.63, 3.8) is 0 Å². The number of nitrogens with one attached hydrogen (secondary N) is 1. The number of fused-ring (bicyclic) bond motifs is 1. The average molecular weight is 465 g/mol. The number of ether oxygens (including phenoxy) is 1. The van der Waals surface area contributed by atoms with Gasteiger partial charge in [-0.15, -0.1) is 5.10 Å². The summed E-state index contributed by atoms with van der Waals surface area (Å²) in [4.78, 5) is 33.9. The Kier molecular flexibility index (Phi) is 6.37. The van der Waals surface area contributed by atoms with Crippen LogP contribution in [-0.2, 0) is 29.2 Å². The fourth-order valence-corrected chi connectivity index (χ4v) is 4.28. The van der Waals surface area contributed by atoms with E-state index in [1.54, 1.807) is 16.6 Å². The average Bonchev–Trinajstić information content (AvgIpc) is 3.47. The maximum Gasteiger partial charge on any atom is 0.291 e. The molecule has 1 aromatic carbocycles. The van der Waals surface area contributed by atoms with Crippen LogP contribution in [0.4, 0.5) is 5.82 Å². The van der Waals surface area contributed by atoms with E-state index in [-0.39, 0.29) is 11.7 Å². The lowest BCUT2D eigenvalue weighted by Crippen LogP contribution is -2.47. The number of amides is 2. The molecule has 2 aliphatic rings. The number of anilines is 1. The summed E-state index contributed by atoms with van der Waals surface area (Å²) >= 11 is 0. The lowest BCUT2D eigenvalue weighted by Gasteiger charge is -2.25. The predicted molar refractivity (Wildman–Crippen MR) is 123 cm³/mol. The summed E-state index contributed by atoms with van der Waals surface area (Å²) in [6.45, 7) is 4.97. The van der Waals surface area contributed by atoms with Gasteiger partial charge >= 0.3 is 0 Å². The first-order valence-electron chi connectivity index (χ1n) is 11.5. The molecule has 11 nitrogen and oxygen atoms in total. The third kappa shape index (κ3) is 4.85. The van der Waals surface area contributed by atoms with Crippen molar-refractivity contribution < 1.29 is 14.3 Å². The molecule has 3 aromatic rings.